The Morgan fingerprint density at radius 3 is 2.03 bits per heavy atom. The van der Waals surface area contributed by atoms with Crippen molar-refractivity contribution in [2.24, 2.45) is 11.7 Å². The van der Waals surface area contributed by atoms with Gasteiger partial charge in [0.15, 0.2) is 40.7 Å². The third kappa shape index (κ3) is 16.7. The number of rotatable bonds is 15. The third-order valence-electron chi connectivity index (χ3n) is 8.56. The molecular weight excluding hydrogens is 942 g/mol. The van der Waals surface area contributed by atoms with E-state index >= 15 is 0 Å². The molecule has 3 atom stereocenters. The van der Waals surface area contributed by atoms with Crippen LogP contribution in [0, 0.1) is 26.1 Å². The van der Waals surface area contributed by atoms with Gasteiger partial charge in [-0.05, 0) is 63.1 Å². The monoisotopic (exact) mass is 981 g/mol. The van der Waals surface area contributed by atoms with E-state index in [1.807, 2.05) is 0 Å². The predicted octanol–water partition coefficient (Wildman–Crippen LogP) is 5.98. The van der Waals surface area contributed by atoms with Gasteiger partial charge in [0.2, 0.25) is 0 Å². The van der Waals surface area contributed by atoms with Crippen molar-refractivity contribution >= 4 is 75.4 Å². The number of alkyl halides is 3. The molecule has 21 nitrogen and oxygen atoms in total. The standard InChI is InChI=1S/C19H15ClF3NO7.C14H13NO7S.C5H12NO4P/c1-3-29-17(25)10(2)30-18(26)13-9-12(5-6-15(13)24(27)28)31-16-7-4-11(8-14(16)20)19(21,22)23;1-23(21,22)8-5-6-9(10(7-8)15(19)20)14(18)13-11(16)3-2-4-12(13)17;1-11(9,10)3-2-4(6)5(7)8/h4-10H,3H2,1-2H3;5-7,13H,2-4H2,1H3;4H,2-3,6H2,1H3,(H,7,8)(H,9,10). The van der Waals surface area contributed by atoms with Crippen molar-refractivity contribution < 1.29 is 89.0 Å². The first-order valence-electron chi connectivity index (χ1n) is 18.5. The normalized spacial score (nSPS) is 14.7. The molecule has 3 aromatic rings. The zero-order valence-corrected chi connectivity index (χ0v) is 36.9. The van der Waals surface area contributed by atoms with Crippen molar-refractivity contribution in [3.05, 3.63) is 96.5 Å². The lowest BCUT2D eigenvalue weighted by molar-refractivity contribution is -0.385. The minimum absolute atomic E-state index is 0.0398. The van der Waals surface area contributed by atoms with Crippen LogP contribution in [0.4, 0.5) is 24.5 Å². The van der Waals surface area contributed by atoms with Crippen LogP contribution in [0.25, 0.3) is 0 Å². The van der Waals surface area contributed by atoms with E-state index < -0.39 is 115 Å². The highest BCUT2D eigenvalue weighted by atomic mass is 35.5. The maximum atomic E-state index is 12.8. The fraction of sp³-hybridized carbons (Fsp3) is 0.368. The molecule has 4 N–H and O–H groups in total. The van der Waals surface area contributed by atoms with E-state index in [1.54, 1.807) is 6.92 Å². The number of carboxylic acid groups (broad SMARTS) is 1. The number of hydrogen-bond acceptors (Lipinski definition) is 17. The lowest BCUT2D eigenvalue weighted by Gasteiger charge is -2.18. The number of nitro groups is 2. The number of nitrogens with zero attached hydrogens (tertiary/aromatic N) is 2. The molecule has 0 saturated heterocycles. The van der Waals surface area contributed by atoms with E-state index in [0.29, 0.717) is 12.5 Å². The van der Waals surface area contributed by atoms with Crippen LogP contribution in [0.2, 0.25) is 5.02 Å². The Labute approximate surface area is 371 Å². The first-order valence-corrected chi connectivity index (χ1v) is 23.0. The summed E-state index contributed by atoms with van der Waals surface area (Å²) in [5, 5.41) is 30.3. The van der Waals surface area contributed by atoms with Gasteiger partial charge in [0.05, 0.1) is 37.5 Å². The fourth-order valence-electron chi connectivity index (χ4n) is 5.28. The van der Waals surface area contributed by atoms with Crippen LogP contribution in [0.5, 0.6) is 11.5 Å². The van der Waals surface area contributed by atoms with Crippen molar-refractivity contribution in [2.75, 3.05) is 25.7 Å². The highest BCUT2D eigenvalue weighted by Crippen LogP contribution is 2.38. The van der Waals surface area contributed by atoms with Crippen LogP contribution >= 0.6 is 19.0 Å². The number of nitrogens with two attached hydrogens (primary N) is 1. The number of carbonyl (C=O) groups is 6. The number of nitro benzene ring substituents is 2. The molecule has 0 amide bonds. The molecule has 0 aromatic heterocycles. The Hall–Kier alpha value is -6.14. The Bertz CT molecular complexity index is 2500. The van der Waals surface area contributed by atoms with Gasteiger partial charge in [-0.2, -0.15) is 13.2 Å². The second kappa shape index (κ2) is 23.2. The number of sulfone groups is 1. The first-order chi connectivity index (χ1) is 29.9. The van der Waals surface area contributed by atoms with Gasteiger partial charge in [-0.3, -0.25) is 44.0 Å². The number of ether oxygens (including phenoxy) is 3. The molecule has 1 saturated carbocycles. The zero-order chi connectivity index (χ0) is 49.8. The van der Waals surface area contributed by atoms with Crippen LogP contribution in [-0.2, 0) is 49.2 Å². The molecule has 1 aliphatic carbocycles. The quantitative estimate of drug-likeness (QED) is 0.0394. The maximum absolute atomic E-state index is 12.8. The van der Waals surface area contributed by atoms with Gasteiger partial charge in [-0.15, -0.1) is 0 Å². The third-order valence-corrected chi connectivity index (χ3v) is 11.1. The van der Waals surface area contributed by atoms with Crippen LogP contribution in [0.15, 0.2) is 59.5 Å². The van der Waals surface area contributed by atoms with Crippen LogP contribution in [-0.4, -0.2) is 101 Å². The number of benzene rings is 3. The van der Waals surface area contributed by atoms with Gasteiger partial charge in [-0.25, -0.2) is 18.0 Å². The number of hydrogen-bond donors (Lipinski definition) is 3. The fourth-order valence-corrected chi connectivity index (χ4v) is 6.89. The number of carbonyl (C=O) groups excluding carboxylic acids is 5. The average molecular weight is 982 g/mol. The number of aliphatic carboxylic acids is 1. The molecule has 27 heteroatoms. The van der Waals surface area contributed by atoms with Crippen molar-refractivity contribution in [3.63, 3.8) is 0 Å². The highest BCUT2D eigenvalue weighted by Gasteiger charge is 2.39. The van der Waals surface area contributed by atoms with Crippen molar-refractivity contribution in [1.29, 1.82) is 0 Å². The number of ketones is 3. The number of halogens is 4. The summed E-state index contributed by atoms with van der Waals surface area (Å²) < 4.78 is 86.8. The molecule has 0 heterocycles. The molecule has 0 radical (unpaired) electrons. The molecular formula is C38H40ClF3N3O18PS. The smallest absolute Gasteiger partial charge is 0.416 e. The largest absolute Gasteiger partial charge is 0.480 e. The van der Waals surface area contributed by atoms with E-state index in [-0.39, 0.29) is 53.4 Å². The van der Waals surface area contributed by atoms with E-state index in [9.17, 15) is 75.1 Å². The summed E-state index contributed by atoms with van der Waals surface area (Å²) in [7, 11) is -6.80. The molecule has 0 aliphatic heterocycles. The summed E-state index contributed by atoms with van der Waals surface area (Å²) in [6.45, 7) is 3.99. The average Bonchev–Trinajstić information content (AvgIpc) is 3.19. The molecule has 0 bridgehead atoms. The summed E-state index contributed by atoms with van der Waals surface area (Å²) in [5.74, 6) is -7.11. The summed E-state index contributed by atoms with van der Waals surface area (Å²) in [5.41, 5.74) is 1.76. The van der Waals surface area contributed by atoms with Crippen LogP contribution in [0.3, 0.4) is 0 Å². The van der Waals surface area contributed by atoms with Gasteiger partial charge >= 0.3 is 24.1 Å². The van der Waals surface area contributed by atoms with E-state index in [4.69, 9.17) is 41.5 Å². The van der Waals surface area contributed by atoms with Crippen LogP contribution in [0.1, 0.15) is 65.8 Å². The lowest BCUT2D eigenvalue weighted by Crippen LogP contribution is -2.35. The second-order valence-corrected chi connectivity index (χ2v) is 18.8. The van der Waals surface area contributed by atoms with Gasteiger partial charge in [0, 0.05) is 50.1 Å². The molecule has 1 fully saturated rings. The molecule has 3 aromatic carbocycles. The van der Waals surface area contributed by atoms with Crippen LogP contribution < -0.4 is 10.5 Å². The minimum Gasteiger partial charge on any atom is -0.480 e. The first kappa shape index (κ1) is 55.0. The van der Waals surface area contributed by atoms with Gasteiger partial charge < -0.3 is 29.9 Å². The Morgan fingerprint density at radius 1 is 0.969 bits per heavy atom. The SMILES string of the molecule is CCOC(=O)C(C)OC(=O)c1cc(Oc2ccc(C(F)(F)F)cc2Cl)ccc1[N+](=O)[O-].CP(=O)(O)CCC(N)C(=O)O.CS(=O)(=O)c1ccc(C(=O)C2C(=O)CCCC2=O)c([N+](=O)[O-])c1. The van der Waals surface area contributed by atoms with Crippen molar-refractivity contribution in [3.8, 4) is 11.5 Å². The maximum Gasteiger partial charge on any atom is 0.416 e. The van der Waals surface area contributed by atoms with Gasteiger partial charge in [-0.1, -0.05) is 11.6 Å². The number of Topliss-reactive ketones (excluding diaryl/α,β-unsaturated/α-hetero) is 3. The molecule has 4 rings (SSSR count). The summed E-state index contributed by atoms with van der Waals surface area (Å²) in [4.78, 5) is 99.2. The van der Waals surface area contributed by atoms with E-state index in [1.165, 1.54) is 13.6 Å². The lowest BCUT2D eigenvalue weighted by atomic mass is 9.81. The predicted molar refractivity (Wildman–Crippen MR) is 220 cm³/mol. The Balaban J connectivity index is 0.000000374. The van der Waals surface area contributed by atoms with Gasteiger partial charge in [0.25, 0.3) is 11.4 Å². The summed E-state index contributed by atoms with van der Waals surface area (Å²) >= 11 is 5.83. The Morgan fingerprint density at radius 2 is 1.55 bits per heavy atom. The highest BCUT2D eigenvalue weighted by molar-refractivity contribution is 7.90. The number of carboxylic acids is 1. The number of esters is 2. The minimum atomic E-state index is -4.61. The summed E-state index contributed by atoms with van der Waals surface area (Å²) in [6.07, 6.45) is -4.57. The molecule has 3 unspecified atom stereocenters. The molecule has 0 spiro atoms. The van der Waals surface area contributed by atoms with E-state index in [0.717, 1.165) is 54.8 Å². The van der Waals surface area contributed by atoms with E-state index in [2.05, 4.69) is 0 Å². The topological polar surface area (TPSA) is 334 Å². The molecule has 65 heavy (non-hydrogen) atoms. The van der Waals surface area contributed by atoms with Crippen molar-refractivity contribution in [1.82, 2.24) is 0 Å². The molecule has 1 aliphatic rings. The second-order valence-electron chi connectivity index (χ2n) is 13.8. The van der Waals surface area contributed by atoms with Gasteiger partial charge in [0.1, 0.15) is 29.0 Å². The Kier molecular flexibility index (Phi) is 19.6. The molecule has 354 valence electrons. The zero-order valence-electron chi connectivity index (χ0n) is 34.4. The summed E-state index contributed by atoms with van der Waals surface area (Å²) in [6, 6.07) is 7.13. The van der Waals surface area contributed by atoms with Crippen molar-refractivity contribution in [2.45, 2.75) is 62.7 Å².